The van der Waals surface area contributed by atoms with Crippen molar-refractivity contribution in [3.63, 3.8) is 0 Å². The molecule has 1 heterocycles. The molecule has 0 spiro atoms. The Morgan fingerprint density at radius 1 is 1.19 bits per heavy atom. The zero-order valence-corrected chi connectivity index (χ0v) is 15.2. The summed E-state index contributed by atoms with van der Waals surface area (Å²) in [6.45, 7) is 3.78. The highest BCUT2D eigenvalue weighted by Gasteiger charge is 2.19. The van der Waals surface area contributed by atoms with E-state index in [-0.39, 0.29) is 16.8 Å². The summed E-state index contributed by atoms with van der Waals surface area (Å²) in [5, 5.41) is 10.3. The molecule has 0 aliphatic rings. The fraction of sp³-hybridized carbons (Fsp3) is 0.211. The van der Waals surface area contributed by atoms with E-state index in [1.54, 1.807) is 19.1 Å². The average Bonchev–Trinajstić information content (AvgIpc) is 3.12. The molecule has 1 atom stereocenters. The third kappa shape index (κ3) is 4.29. The molecule has 3 aromatic rings. The quantitative estimate of drug-likeness (QED) is 0.644. The van der Waals surface area contributed by atoms with Crippen molar-refractivity contribution in [2.75, 3.05) is 5.32 Å². The molecular weight excluding hydrogens is 353 g/mol. The van der Waals surface area contributed by atoms with E-state index in [0.717, 1.165) is 23.7 Å². The minimum Gasteiger partial charge on any atom is -0.411 e. The van der Waals surface area contributed by atoms with Crippen molar-refractivity contribution < 1.29 is 13.6 Å². The van der Waals surface area contributed by atoms with Crippen molar-refractivity contribution in [1.29, 1.82) is 0 Å². The van der Waals surface area contributed by atoms with Crippen LogP contribution in [0.15, 0.2) is 58.2 Å². The number of rotatable bonds is 6. The van der Waals surface area contributed by atoms with Crippen molar-refractivity contribution in [1.82, 2.24) is 10.2 Å². The maximum Gasteiger partial charge on any atom is 0.277 e. The molecule has 5 nitrogen and oxygen atoms in total. The lowest BCUT2D eigenvalue weighted by molar-refractivity contribution is -0.115. The molecule has 1 N–H and O–H groups in total. The first kappa shape index (κ1) is 18.1. The van der Waals surface area contributed by atoms with E-state index in [1.807, 2.05) is 24.3 Å². The van der Waals surface area contributed by atoms with Gasteiger partial charge in [-0.25, -0.2) is 4.39 Å². The van der Waals surface area contributed by atoms with Gasteiger partial charge < -0.3 is 9.73 Å². The van der Waals surface area contributed by atoms with E-state index in [4.69, 9.17) is 4.42 Å². The Morgan fingerprint density at radius 3 is 2.62 bits per heavy atom. The first-order valence-corrected chi connectivity index (χ1v) is 9.09. The minimum absolute atomic E-state index is 0.146. The number of benzene rings is 2. The molecule has 134 valence electrons. The van der Waals surface area contributed by atoms with Crippen LogP contribution in [0.3, 0.4) is 0 Å². The molecule has 0 fully saturated rings. The van der Waals surface area contributed by atoms with Crippen LogP contribution in [-0.4, -0.2) is 21.4 Å². The molecule has 0 saturated heterocycles. The molecule has 1 amide bonds. The van der Waals surface area contributed by atoms with Gasteiger partial charge in [-0.2, -0.15) is 0 Å². The van der Waals surface area contributed by atoms with Crippen LogP contribution in [-0.2, 0) is 11.2 Å². The lowest BCUT2D eigenvalue weighted by atomic mass is 10.1. The van der Waals surface area contributed by atoms with Crippen LogP contribution in [0.5, 0.6) is 0 Å². The topological polar surface area (TPSA) is 68.0 Å². The summed E-state index contributed by atoms with van der Waals surface area (Å²) in [6, 6.07) is 13.9. The second-order valence-electron chi connectivity index (χ2n) is 5.65. The van der Waals surface area contributed by atoms with Crippen LogP contribution >= 0.6 is 11.8 Å². The van der Waals surface area contributed by atoms with E-state index >= 15 is 0 Å². The number of aromatic nitrogens is 2. The third-order valence-electron chi connectivity index (χ3n) is 3.79. The molecule has 26 heavy (non-hydrogen) atoms. The highest BCUT2D eigenvalue weighted by Crippen LogP contribution is 2.27. The Bertz CT molecular complexity index is 896. The number of nitrogens with zero attached hydrogens (tertiary/aromatic N) is 2. The Balaban J connectivity index is 1.64. The first-order chi connectivity index (χ1) is 12.6. The fourth-order valence-corrected chi connectivity index (χ4v) is 2.94. The van der Waals surface area contributed by atoms with Gasteiger partial charge in [-0.05, 0) is 43.2 Å². The molecule has 2 aromatic carbocycles. The van der Waals surface area contributed by atoms with Crippen molar-refractivity contribution in [3.8, 4) is 11.5 Å². The number of nitrogens with one attached hydrogen (secondary N) is 1. The number of thioether (sulfide) groups is 1. The van der Waals surface area contributed by atoms with Crippen LogP contribution in [0.1, 0.15) is 19.4 Å². The van der Waals surface area contributed by atoms with Crippen LogP contribution in [0.25, 0.3) is 11.5 Å². The van der Waals surface area contributed by atoms with E-state index in [1.165, 1.54) is 17.7 Å². The number of hydrogen-bond acceptors (Lipinski definition) is 5. The average molecular weight is 371 g/mol. The molecule has 0 saturated carbocycles. The van der Waals surface area contributed by atoms with Crippen LogP contribution in [0.2, 0.25) is 0 Å². The number of carbonyl (C=O) groups excluding carboxylic acids is 1. The number of amides is 1. The van der Waals surface area contributed by atoms with Crippen molar-refractivity contribution in [2.24, 2.45) is 0 Å². The fourth-order valence-electron chi connectivity index (χ4n) is 2.26. The summed E-state index contributed by atoms with van der Waals surface area (Å²) in [5.74, 6) is -0.419. The highest BCUT2D eigenvalue weighted by molar-refractivity contribution is 8.00. The number of para-hydroxylation sites is 1. The Hall–Kier alpha value is -2.67. The number of anilines is 1. The lowest BCUT2D eigenvalue weighted by Crippen LogP contribution is -2.22. The van der Waals surface area contributed by atoms with E-state index < -0.39 is 11.1 Å². The van der Waals surface area contributed by atoms with Gasteiger partial charge in [0.1, 0.15) is 5.82 Å². The van der Waals surface area contributed by atoms with Gasteiger partial charge in [0.2, 0.25) is 11.8 Å². The molecule has 7 heteroatoms. The van der Waals surface area contributed by atoms with Crippen LogP contribution < -0.4 is 5.32 Å². The number of carbonyl (C=O) groups is 1. The number of halogens is 1. The van der Waals surface area contributed by atoms with Crippen LogP contribution in [0.4, 0.5) is 10.1 Å². The molecule has 1 aromatic heterocycles. The first-order valence-electron chi connectivity index (χ1n) is 8.21. The summed E-state index contributed by atoms with van der Waals surface area (Å²) in [6.07, 6.45) is 0.958. The van der Waals surface area contributed by atoms with Crippen LogP contribution in [0, 0.1) is 5.82 Å². The standard InChI is InChI=1S/C19H18FN3O2S/c1-3-13-8-10-14(11-9-13)18-22-23-19(25-18)26-12(2)17(24)21-16-7-5-4-6-15(16)20/h4-12H,3H2,1-2H3,(H,21,24)/t12-/m0/s1. The number of aryl methyl sites for hydroxylation is 1. The van der Waals surface area contributed by atoms with Gasteiger partial charge in [-0.15, -0.1) is 10.2 Å². The van der Waals surface area contributed by atoms with Gasteiger partial charge >= 0.3 is 0 Å². The smallest absolute Gasteiger partial charge is 0.277 e. The summed E-state index contributed by atoms with van der Waals surface area (Å²) in [4.78, 5) is 12.2. The normalized spacial score (nSPS) is 12.0. The zero-order chi connectivity index (χ0) is 18.5. The Labute approximate surface area is 155 Å². The third-order valence-corrected chi connectivity index (χ3v) is 4.73. The van der Waals surface area contributed by atoms with E-state index in [2.05, 4.69) is 22.4 Å². The van der Waals surface area contributed by atoms with Crippen molar-refractivity contribution in [3.05, 3.63) is 59.9 Å². The highest BCUT2D eigenvalue weighted by atomic mass is 32.2. The molecule has 3 rings (SSSR count). The van der Waals surface area contributed by atoms with Gasteiger partial charge in [-0.3, -0.25) is 4.79 Å². The molecule has 0 unspecified atom stereocenters. The van der Waals surface area contributed by atoms with Gasteiger partial charge in [0.25, 0.3) is 5.22 Å². The SMILES string of the molecule is CCc1ccc(-c2nnc(S[C@@H](C)C(=O)Nc3ccccc3F)o2)cc1. The van der Waals surface area contributed by atoms with Crippen molar-refractivity contribution >= 4 is 23.4 Å². The maximum atomic E-state index is 13.6. The largest absolute Gasteiger partial charge is 0.411 e. The van der Waals surface area contributed by atoms with Gasteiger partial charge in [0.05, 0.1) is 10.9 Å². The van der Waals surface area contributed by atoms with E-state index in [9.17, 15) is 9.18 Å². The van der Waals surface area contributed by atoms with E-state index in [0.29, 0.717) is 5.89 Å². The summed E-state index contributed by atoms with van der Waals surface area (Å²) in [5.41, 5.74) is 2.19. The Morgan fingerprint density at radius 2 is 1.92 bits per heavy atom. The maximum absolute atomic E-state index is 13.6. The van der Waals surface area contributed by atoms with Gasteiger partial charge in [0.15, 0.2) is 0 Å². The molecule has 0 bridgehead atoms. The van der Waals surface area contributed by atoms with Gasteiger partial charge in [-0.1, -0.05) is 43.0 Å². The molecule has 0 aliphatic heterocycles. The summed E-state index contributed by atoms with van der Waals surface area (Å²) >= 11 is 1.13. The van der Waals surface area contributed by atoms with Crippen molar-refractivity contribution in [2.45, 2.75) is 30.7 Å². The summed E-state index contributed by atoms with van der Waals surface area (Å²) < 4.78 is 19.2. The monoisotopic (exact) mass is 371 g/mol. The predicted molar refractivity (Wildman–Crippen MR) is 99.5 cm³/mol. The second-order valence-corrected chi connectivity index (χ2v) is 6.94. The summed E-state index contributed by atoms with van der Waals surface area (Å²) in [7, 11) is 0. The number of hydrogen-bond donors (Lipinski definition) is 1. The Kier molecular flexibility index (Phi) is 5.68. The van der Waals surface area contributed by atoms with Gasteiger partial charge in [0, 0.05) is 5.56 Å². The minimum atomic E-state index is -0.523. The second kappa shape index (κ2) is 8.14. The molecule has 0 radical (unpaired) electrons. The molecule has 0 aliphatic carbocycles. The predicted octanol–water partition coefficient (Wildman–Crippen LogP) is 4.56. The lowest BCUT2D eigenvalue weighted by Gasteiger charge is -2.10. The zero-order valence-electron chi connectivity index (χ0n) is 14.4. The molecular formula is C19H18FN3O2S.